The van der Waals surface area contributed by atoms with Gasteiger partial charge in [-0.25, -0.2) is 4.39 Å². The third kappa shape index (κ3) is 3.09. The van der Waals surface area contributed by atoms with Crippen LogP contribution in [0.3, 0.4) is 0 Å². The summed E-state index contributed by atoms with van der Waals surface area (Å²) < 4.78 is 19.2. The van der Waals surface area contributed by atoms with Gasteiger partial charge in [0.05, 0.1) is 11.6 Å². The van der Waals surface area contributed by atoms with Crippen molar-refractivity contribution in [3.8, 4) is 0 Å². The summed E-state index contributed by atoms with van der Waals surface area (Å²) >= 11 is 0. The number of hydrogen-bond acceptors (Lipinski definition) is 4. The summed E-state index contributed by atoms with van der Waals surface area (Å²) in [6.07, 6.45) is 0. The van der Waals surface area contributed by atoms with Gasteiger partial charge < -0.3 is 9.52 Å². The number of anilines is 1. The lowest BCUT2D eigenvalue weighted by Crippen LogP contribution is -2.31. The van der Waals surface area contributed by atoms with Crippen molar-refractivity contribution in [1.82, 2.24) is 0 Å². The molecule has 0 saturated heterocycles. The zero-order chi connectivity index (χ0) is 21.5. The molecule has 0 fully saturated rings. The number of rotatable bonds is 4. The van der Waals surface area contributed by atoms with Crippen LogP contribution in [0.1, 0.15) is 22.2 Å². The van der Waals surface area contributed by atoms with E-state index < -0.39 is 29.3 Å². The van der Waals surface area contributed by atoms with Gasteiger partial charge in [0, 0.05) is 11.1 Å². The normalized spacial score (nSPS) is 16.4. The highest BCUT2D eigenvalue weighted by Gasteiger charge is 2.45. The highest BCUT2D eigenvalue weighted by atomic mass is 19.1. The second-order valence-corrected chi connectivity index (χ2v) is 7.20. The van der Waals surface area contributed by atoms with Crippen LogP contribution in [-0.2, 0) is 4.79 Å². The first-order valence-corrected chi connectivity index (χ1v) is 9.65. The number of halogens is 1. The molecule has 1 aliphatic rings. The van der Waals surface area contributed by atoms with Gasteiger partial charge in [-0.05, 0) is 42.0 Å². The number of carbonyl (C=O) groups excluding carboxylic acids is 2. The monoisotopic (exact) mass is 413 g/mol. The van der Waals surface area contributed by atoms with Crippen LogP contribution in [0.15, 0.2) is 101 Å². The second kappa shape index (κ2) is 7.25. The van der Waals surface area contributed by atoms with Crippen LogP contribution in [0, 0.1) is 5.82 Å². The number of aliphatic hydroxyl groups excluding tert-OH is 1. The number of ketones is 1. The number of aliphatic hydroxyl groups is 1. The topological polar surface area (TPSA) is 70.8 Å². The predicted octanol–water partition coefficient (Wildman–Crippen LogP) is 5.35. The minimum atomic E-state index is -0.889. The molecule has 0 spiro atoms. The van der Waals surface area contributed by atoms with E-state index in [4.69, 9.17) is 4.42 Å². The fourth-order valence-electron chi connectivity index (χ4n) is 3.88. The Bertz CT molecular complexity index is 1310. The van der Waals surface area contributed by atoms with E-state index in [1.54, 1.807) is 42.5 Å². The summed E-state index contributed by atoms with van der Waals surface area (Å²) in [5.74, 6) is -2.40. The van der Waals surface area contributed by atoms with E-state index >= 15 is 0 Å². The molecule has 4 aromatic rings. The summed E-state index contributed by atoms with van der Waals surface area (Å²) in [5, 5.41) is 11.5. The molecule has 5 rings (SSSR count). The summed E-state index contributed by atoms with van der Waals surface area (Å²) in [6.45, 7) is 0. The lowest BCUT2D eigenvalue weighted by Gasteiger charge is -2.26. The average Bonchev–Trinajstić information content (AvgIpc) is 3.34. The standard InChI is InChI=1S/C25H16FNO4/c26-17-10-12-18(13-11-17)27-22(15-6-2-1-3-7-15)21(24(29)25(27)30)23(28)20-14-16-8-4-5-9-19(16)31-20/h1-14,22,29H. The van der Waals surface area contributed by atoms with Crippen molar-refractivity contribution in [2.45, 2.75) is 6.04 Å². The Morgan fingerprint density at radius 2 is 1.61 bits per heavy atom. The van der Waals surface area contributed by atoms with E-state index in [0.29, 0.717) is 16.8 Å². The molecule has 152 valence electrons. The summed E-state index contributed by atoms with van der Waals surface area (Å²) in [6, 6.07) is 22.1. The molecule has 0 saturated carbocycles. The molecule has 1 unspecified atom stereocenters. The first kappa shape index (κ1) is 18.8. The van der Waals surface area contributed by atoms with Crippen molar-refractivity contribution in [3.63, 3.8) is 0 Å². The van der Waals surface area contributed by atoms with Gasteiger partial charge in [0.1, 0.15) is 11.4 Å². The lowest BCUT2D eigenvalue weighted by molar-refractivity contribution is -0.117. The molecule has 1 N–H and O–H groups in total. The number of fused-ring (bicyclic) bond motifs is 1. The maximum atomic E-state index is 13.5. The van der Waals surface area contributed by atoms with E-state index in [1.807, 2.05) is 18.2 Å². The van der Waals surface area contributed by atoms with Gasteiger partial charge in [-0.15, -0.1) is 0 Å². The van der Waals surface area contributed by atoms with Crippen LogP contribution >= 0.6 is 0 Å². The number of Topliss-reactive ketones (excluding diaryl/α,β-unsaturated/α-hetero) is 1. The molecule has 1 aromatic heterocycles. The van der Waals surface area contributed by atoms with Gasteiger partial charge in [0.25, 0.3) is 5.91 Å². The van der Waals surface area contributed by atoms with Gasteiger partial charge in [0.2, 0.25) is 5.78 Å². The Labute approximate surface area is 176 Å². The van der Waals surface area contributed by atoms with Crippen molar-refractivity contribution in [3.05, 3.63) is 113 Å². The van der Waals surface area contributed by atoms with Crippen LogP contribution in [0.25, 0.3) is 11.0 Å². The van der Waals surface area contributed by atoms with E-state index in [-0.39, 0.29) is 11.3 Å². The molecule has 1 atom stereocenters. The first-order chi connectivity index (χ1) is 15.0. The second-order valence-electron chi connectivity index (χ2n) is 7.20. The molecular weight excluding hydrogens is 397 g/mol. The first-order valence-electron chi connectivity index (χ1n) is 9.65. The van der Waals surface area contributed by atoms with Crippen LogP contribution in [0.2, 0.25) is 0 Å². The Hall–Kier alpha value is -4.19. The number of furan rings is 1. The van der Waals surface area contributed by atoms with Crippen LogP contribution in [-0.4, -0.2) is 16.8 Å². The minimum absolute atomic E-state index is 0.0254. The lowest BCUT2D eigenvalue weighted by atomic mass is 9.95. The molecule has 0 bridgehead atoms. The third-order valence-corrected chi connectivity index (χ3v) is 5.32. The summed E-state index contributed by atoms with van der Waals surface area (Å²) in [7, 11) is 0. The molecular formula is C25H16FNO4. The van der Waals surface area contributed by atoms with E-state index in [0.717, 1.165) is 5.39 Å². The van der Waals surface area contributed by atoms with Crippen molar-refractivity contribution >= 4 is 28.3 Å². The summed E-state index contributed by atoms with van der Waals surface area (Å²) in [5.41, 5.74) is 1.43. The number of carbonyl (C=O) groups is 2. The largest absolute Gasteiger partial charge is 0.503 e. The number of para-hydroxylation sites is 1. The van der Waals surface area contributed by atoms with E-state index in [9.17, 15) is 19.1 Å². The molecule has 5 nitrogen and oxygen atoms in total. The number of benzene rings is 3. The Balaban J connectivity index is 1.65. The highest BCUT2D eigenvalue weighted by Crippen LogP contribution is 2.42. The van der Waals surface area contributed by atoms with Crippen LogP contribution in [0.4, 0.5) is 10.1 Å². The van der Waals surface area contributed by atoms with E-state index in [2.05, 4.69) is 0 Å². The number of hydrogen-bond donors (Lipinski definition) is 1. The Morgan fingerprint density at radius 3 is 2.32 bits per heavy atom. The molecule has 31 heavy (non-hydrogen) atoms. The van der Waals surface area contributed by atoms with Crippen LogP contribution < -0.4 is 4.90 Å². The van der Waals surface area contributed by atoms with E-state index in [1.165, 1.54) is 29.2 Å². The van der Waals surface area contributed by atoms with Crippen molar-refractivity contribution < 1.29 is 23.5 Å². The quantitative estimate of drug-likeness (QED) is 0.458. The van der Waals surface area contributed by atoms with Gasteiger partial charge in [-0.2, -0.15) is 0 Å². The third-order valence-electron chi connectivity index (χ3n) is 5.32. The SMILES string of the molecule is O=C(C1=C(O)C(=O)N(c2ccc(F)cc2)C1c1ccccc1)c1cc2ccccc2o1. The molecule has 0 aliphatic carbocycles. The van der Waals surface area contributed by atoms with Crippen molar-refractivity contribution in [2.24, 2.45) is 0 Å². The highest BCUT2D eigenvalue weighted by molar-refractivity contribution is 6.20. The molecule has 6 heteroatoms. The van der Waals surface area contributed by atoms with Gasteiger partial charge in [0.15, 0.2) is 11.5 Å². The van der Waals surface area contributed by atoms with Gasteiger partial charge in [-0.3, -0.25) is 14.5 Å². The maximum Gasteiger partial charge on any atom is 0.294 e. The minimum Gasteiger partial charge on any atom is -0.503 e. The number of nitrogens with zero attached hydrogens (tertiary/aromatic N) is 1. The molecule has 1 aliphatic heterocycles. The fourth-order valence-corrected chi connectivity index (χ4v) is 3.88. The molecule has 3 aromatic carbocycles. The molecule has 2 heterocycles. The van der Waals surface area contributed by atoms with Crippen molar-refractivity contribution in [2.75, 3.05) is 4.90 Å². The predicted molar refractivity (Wildman–Crippen MR) is 113 cm³/mol. The zero-order valence-corrected chi connectivity index (χ0v) is 16.2. The van der Waals surface area contributed by atoms with Crippen molar-refractivity contribution in [1.29, 1.82) is 0 Å². The summed E-state index contributed by atoms with van der Waals surface area (Å²) in [4.78, 5) is 27.8. The number of amides is 1. The van der Waals surface area contributed by atoms with Crippen LogP contribution in [0.5, 0.6) is 0 Å². The molecule has 0 radical (unpaired) electrons. The van der Waals surface area contributed by atoms with Gasteiger partial charge in [-0.1, -0.05) is 48.5 Å². The Morgan fingerprint density at radius 1 is 0.935 bits per heavy atom. The fraction of sp³-hybridized carbons (Fsp3) is 0.0400. The average molecular weight is 413 g/mol. The molecule has 1 amide bonds. The van der Waals surface area contributed by atoms with Gasteiger partial charge >= 0.3 is 0 Å². The zero-order valence-electron chi connectivity index (χ0n) is 16.2. The smallest absolute Gasteiger partial charge is 0.294 e. The Kier molecular flexibility index (Phi) is 4.40. The maximum absolute atomic E-state index is 13.5.